The molecule has 0 bridgehead atoms. The number of hydrogen-bond donors (Lipinski definition) is 3. The SMILES string of the molecule is O=C(CSc1ccc(NC(=O)/C(=C/c2cccc(Cl)c2Cl)NC(=O)c2ccccc2)cc1)Nc1ccc([N+](=O)[O-])cc1. The highest BCUT2D eigenvalue weighted by Gasteiger charge is 2.16. The van der Waals surface area contributed by atoms with Crippen molar-refractivity contribution < 1.29 is 19.3 Å². The number of thioether (sulfide) groups is 1. The van der Waals surface area contributed by atoms with Crippen molar-refractivity contribution >= 4 is 75.8 Å². The number of non-ortho nitro benzene ring substituents is 1. The van der Waals surface area contributed by atoms with Gasteiger partial charge in [0.25, 0.3) is 17.5 Å². The molecule has 212 valence electrons. The minimum absolute atomic E-state index is 0.0469. The third kappa shape index (κ3) is 8.43. The van der Waals surface area contributed by atoms with Gasteiger partial charge >= 0.3 is 0 Å². The number of nitro groups is 1. The number of rotatable bonds is 10. The maximum atomic E-state index is 13.2. The van der Waals surface area contributed by atoms with Crippen LogP contribution >= 0.6 is 35.0 Å². The molecule has 4 aromatic carbocycles. The Morgan fingerprint density at radius 2 is 1.45 bits per heavy atom. The predicted octanol–water partition coefficient (Wildman–Crippen LogP) is 7.04. The summed E-state index contributed by atoms with van der Waals surface area (Å²) in [6.45, 7) is 0. The van der Waals surface area contributed by atoms with E-state index in [1.807, 2.05) is 0 Å². The quantitative estimate of drug-likeness (QED) is 0.0754. The van der Waals surface area contributed by atoms with E-state index in [0.29, 0.717) is 27.5 Å². The van der Waals surface area contributed by atoms with Crippen LogP contribution < -0.4 is 16.0 Å². The lowest BCUT2D eigenvalue weighted by Gasteiger charge is -2.12. The minimum Gasteiger partial charge on any atom is -0.325 e. The molecule has 3 amide bonds. The van der Waals surface area contributed by atoms with Gasteiger partial charge in [0, 0.05) is 34.0 Å². The first-order valence-corrected chi connectivity index (χ1v) is 14.0. The van der Waals surface area contributed by atoms with Crippen molar-refractivity contribution in [2.45, 2.75) is 4.90 Å². The van der Waals surface area contributed by atoms with Gasteiger partial charge in [0.2, 0.25) is 5.91 Å². The Labute approximate surface area is 255 Å². The fourth-order valence-electron chi connectivity index (χ4n) is 3.58. The molecule has 0 fully saturated rings. The standard InChI is InChI=1S/C30H22Cl2N4O5S/c31-25-8-4-7-20(28(25)32)17-26(35-29(38)19-5-2-1-3-6-19)30(39)34-22-11-15-24(16-12-22)42-18-27(37)33-21-9-13-23(14-10-21)36(40)41/h1-17H,18H2,(H,33,37)(H,34,39)(H,35,38)/b26-17-. The molecule has 0 heterocycles. The summed E-state index contributed by atoms with van der Waals surface area (Å²) in [4.78, 5) is 49.4. The van der Waals surface area contributed by atoms with E-state index in [1.165, 1.54) is 42.1 Å². The summed E-state index contributed by atoms with van der Waals surface area (Å²) in [6.07, 6.45) is 1.44. The number of halogens is 2. The molecule has 0 saturated carbocycles. The number of nitrogens with one attached hydrogen (secondary N) is 3. The lowest BCUT2D eigenvalue weighted by Crippen LogP contribution is -2.30. The molecule has 0 spiro atoms. The third-order valence-corrected chi connectivity index (χ3v) is 7.50. The number of carbonyl (C=O) groups excluding carboxylic acids is 3. The first kappa shape index (κ1) is 30.3. The molecular formula is C30H22Cl2N4O5S. The smallest absolute Gasteiger partial charge is 0.272 e. The lowest BCUT2D eigenvalue weighted by atomic mass is 10.1. The third-order valence-electron chi connectivity index (χ3n) is 5.65. The van der Waals surface area contributed by atoms with Gasteiger partial charge in [-0.05, 0) is 66.2 Å². The number of anilines is 2. The van der Waals surface area contributed by atoms with E-state index in [-0.39, 0.29) is 28.1 Å². The number of nitrogens with zero attached hydrogens (tertiary/aromatic N) is 1. The highest BCUT2D eigenvalue weighted by molar-refractivity contribution is 8.00. The van der Waals surface area contributed by atoms with E-state index >= 15 is 0 Å². The number of carbonyl (C=O) groups is 3. The minimum atomic E-state index is -0.585. The van der Waals surface area contributed by atoms with Crippen molar-refractivity contribution in [3.05, 3.63) is 134 Å². The van der Waals surface area contributed by atoms with E-state index in [1.54, 1.807) is 72.8 Å². The van der Waals surface area contributed by atoms with Crippen LogP contribution in [0.1, 0.15) is 15.9 Å². The van der Waals surface area contributed by atoms with Crippen molar-refractivity contribution in [3.8, 4) is 0 Å². The average Bonchev–Trinajstić information content (AvgIpc) is 2.99. The molecule has 12 heteroatoms. The topological polar surface area (TPSA) is 130 Å². The zero-order chi connectivity index (χ0) is 30.1. The molecule has 0 aliphatic carbocycles. The van der Waals surface area contributed by atoms with Gasteiger partial charge in [-0.1, -0.05) is 53.5 Å². The molecule has 42 heavy (non-hydrogen) atoms. The van der Waals surface area contributed by atoms with E-state index in [0.717, 1.165) is 4.90 Å². The molecule has 3 N–H and O–H groups in total. The summed E-state index contributed by atoms with van der Waals surface area (Å²) in [5, 5.41) is 19.4. The maximum absolute atomic E-state index is 13.2. The zero-order valence-electron chi connectivity index (χ0n) is 21.7. The highest BCUT2D eigenvalue weighted by Crippen LogP contribution is 2.27. The summed E-state index contributed by atoms with van der Waals surface area (Å²) in [7, 11) is 0. The predicted molar refractivity (Wildman–Crippen MR) is 166 cm³/mol. The lowest BCUT2D eigenvalue weighted by molar-refractivity contribution is -0.384. The van der Waals surface area contributed by atoms with Crippen LogP contribution in [0.25, 0.3) is 6.08 Å². The van der Waals surface area contributed by atoms with Gasteiger partial charge in [-0.2, -0.15) is 0 Å². The monoisotopic (exact) mass is 620 g/mol. The summed E-state index contributed by atoms with van der Waals surface area (Å²) in [6, 6.07) is 25.8. The fraction of sp³-hybridized carbons (Fsp3) is 0.0333. The van der Waals surface area contributed by atoms with Crippen LogP contribution in [0, 0.1) is 10.1 Å². The largest absolute Gasteiger partial charge is 0.325 e. The van der Waals surface area contributed by atoms with Crippen LogP contribution in [0.5, 0.6) is 0 Å². The van der Waals surface area contributed by atoms with Gasteiger partial charge in [-0.25, -0.2) is 0 Å². The van der Waals surface area contributed by atoms with Crippen LogP contribution in [0.2, 0.25) is 10.0 Å². The van der Waals surface area contributed by atoms with Gasteiger partial charge in [-0.3, -0.25) is 24.5 Å². The number of nitro benzene ring substituents is 1. The molecule has 4 aromatic rings. The normalized spacial score (nSPS) is 11.0. The van der Waals surface area contributed by atoms with Gasteiger partial charge in [0.1, 0.15) is 5.70 Å². The van der Waals surface area contributed by atoms with Crippen molar-refractivity contribution in [3.63, 3.8) is 0 Å². The van der Waals surface area contributed by atoms with E-state index in [2.05, 4.69) is 16.0 Å². The van der Waals surface area contributed by atoms with Crippen LogP contribution in [0.15, 0.2) is 108 Å². The number of amides is 3. The van der Waals surface area contributed by atoms with Gasteiger partial charge in [0.05, 0.1) is 20.7 Å². The summed E-state index contributed by atoms with van der Waals surface area (Å²) < 4.78 is 0. The molecule has 0 saturated heterocycles. The molecule has 0 radical (unpaired) electrons. The Morgan fingerprint density at radius 3 is 2.12 bits per heavy atom. The van der Waals surface area contributed by atoms with Crippen molar-refractivity contribution in [2.75, 3.05) is 16.4 Å². The molecule has 4 rings (SSSR count). The van der Waals surface area contributed by atoms with E-state index in [4.69, 9.17) is 23.2 Å². The Bertz CT molecular complexity index is 1650. The number of hydrogen-bond acceptors (Lipinski definition) is 6. The number of benzene rings is 4. The molecule has 0 unspecified atom stereocenters. The summed E-state index contributed by atoms with van der Waals surface area (Å²) in [5.74, 6) is -1.25. The first-order chi connectivity index (χ1) is 20.2. The summed E-state index contributed by atoms with van der Waals surface area (Å²) in [5.41, 5.74) is 1.61. The van der Waals surface area contributed by atoms with Crippen molar-refractivity contribution in [2.24, 2.45) is 0 Å². The Kier molecular flexibility index (Phi) is 10.3. The van der Waals surface area contributed by atoms with Crippen LogP contribution in [0.3, 0.4) is 0 Å². The second kappa shape index (κ2) is 14.3. The Hall–Kier alpha value is -4.64. The van der Waals surface area contributed by atoms with Gasteiger partial charge < -0.3 is 16.0 Å². The summed E-state index contributed by atoms with van der Waals surface area (Å²) >= 11 is 13.7. The second-order valence-electron chi connectivity index (χ2n) is 8.64. The fourth-order valence-corrected chi connectivity index (χ4v) is 4.64. The van der Waals surface area contributed by atoms with Gasteiger partial charge in [-0.15, -0.1) is 11.8 Å². The first-order valence-electron chi connectivity index (χ1n) is 12.3. The molecule has 0 aliphatic heterocycles. The zero-order valence-corrected chi connectivity index (χ0v) is 24.0. The molecule has 0 atom stereocenters. The molecule has 0 aromatic heterocycles. The van der Waals surface area contributed by atoms with Crippen molar-refractivity contribution in [1.82, 2.24) is 5.32 Å². The van der Waals surface area contributed by atoms with Gasteiger partial charge in [0.15, 0.2) is 0 Å². The second-order valence-corrected chi connectivity index (χ2v) is 10.5. The maximum Gasteiger partial charge on any atom is 0.272 e. The molecule has 0 aliphatic rings. The Morgan fingerprint density at radius 1 is 0.810 bits per heavy atom. The highest BCUT2D eigenvalue weighted by atomic mass is 35.5. The van der Waals surface area contributed by atoms with E-state index in [9.17, 15) is 24.5 Å². The van der Waals surface area contributed by atoms with Crippen molar-refractivity contribution in [1.29, 1.82) is 0 Å². The average molecular weight is 622 g/mol. The van der Waals surface area contributed by atoms with E-state index < -0.39 is 16.7 Å². The Balaban J connectivity index is 1.40. The van der Waals surface area contributed by atoms with Crippen LogP contribution in [-0.4, -0.2) is 28.4 Å². The molecule has 9 nitrogen and oxygen atoms in total. The molecular weight excluding hydrogens is 599 g/mol. The van der Waals surface area contributed by atoms with Crippen LogP contribution in [0.4, 0.5) is 17.1 Å². The van der Waals surface area contributed by atoms with Crippen LogP contribution in [-0.2, 0) is 9.59 Å².